The molecule has 5 heteroatoms. The molecule has 116 valence electrons. The van der Waals surface area contributed by atoms with Gasteiger partial charge in [0, 0.05) is 37.3 Å². The molecule has 0 saturated carbocycles. The smallest absolute Gasteiger partial charge is 0.274 e. The summed E-state index contributed by atoms with van der Waals surface area (Å²) in [5.74, 6) is -0.472. The molecule has 1 saturated heterocycles. The maximum Gasteiger partial charge on any atom is 0.274 e. The van der Waals surface area contributed by atoms with E-state index in [0.29, 0.717) is 17.6 Å². The maximum atomic E-state index is 11.3. The molecule has 1 aromatic carbocycles. The van der Waals surface area contributed by atoms with E-state index in [2.05, 4.69) is 30.6 Å². The summed E-state index contributed by atoms with van der Waals surface area (Å²) in [5.41, 5.74) is 3.31. The van der Waals surface area contributed by atoms with E-state index >= 15 is 0 Å². The fourth-order valence-corrected chi connectivity index (χ4v) is 3.30. The molecule has 1 heterocycles. The van der Waals surface area contributed by atoms with E-state index in [1.165, 1.54) is 5.56 Å². The quantitative estimate of drug-likeness (QED) is 0.655. The zero-order valence-corrected chi connectivity index (χ0v) is 13.0. The minimum atomic E-state index is -0.472. The van der Waals surface area contributed by atoms with Gasteiger partial charge in [0.1, 0.15) is 0 Å². The number of benzene rings is 1. The molecule has 0 bridgehead atoms. The molecule has 0 unspecified atom stereocenters. The molecule has 1 aliphatic rings. The first-order valence-corrected chi connectivity index (χ1v) is 7.56. The fraction of sp³-hybridized carbons (Fsp3) is 0.562. The lowest BCUT2D eigenvalue weighted by Crippen LogP contribution is -2.56. The number of rotatable bonds is 4. The Labute approximate surface area is 126 Å². The summed E-state index contributed by atoms with van der Waals surface area (Å²) in [4.78, 5) is 16.3. The van der Waals surface area contributed by atoms with Gasteiger partial charge in [0.15, 0.2) is 0 Å². The second-order valence-electron chi connectivity index (χ2n) is 5.86. The third-order valence-corrected chi connectivity index (χ3v) is 4.27. The fourth-order valence-electron chi connectivity index (χ4n) is 3.30. The van der Waals surface area contributed by atoms with Crippen molar-refractivity contribution in [2.75, 3.05) is 19.6 Å². The number of hydroxylamine groups is 1. The summed E-state index contributed by atoms with van der Waals surface area (Å²) < 4.78 is 0. The van der Waals surface area contributed by atoms with Crippen LogP contribution in [0.25, 0.3) is 0 Å². The number of carbonyl (C=O) groups excluding carboxylic acids is 1. The summed E-state index contributed by atoms with van der Waals surface area (Å²) in [6.07, 6.45) is 0. The van der Waals surface area contributed by atoms with Crippen LogP contribution in [-0.2, 0) is 6.54 Å². The van der Waals surface area contributed by atoms with Gasteiger partial charge in [-0.1, -0.05) is 19.1 Å². The van der Waals surface area contributed by atoms with E-state index in [4.69, 9.17) is 5.21 Å². The van der Waals surface area contributed by atoms with Gasteiger partial charge in [-0.15, -0.1) is 0 Å². The van der Waals surface area contributed by atoms with E-state index in [1.54, 1.807) is 17.6 Å². The Morgan fingerprint density at radius 2 is 1.81 bits per heavy atom. The minimum absolute atomic E-state index is 0.471. The van der Waals surface area contributed by atoms with Crippen molar-refractivity contribution < 1.29 is 10.0 Å². The van der Waals surface area contributed by atoms with E-state index < -0.39 is 5.91 Å². The number of piperazine rings is 1. The van der Waals surface area contributed by atoms with Crippen LogP contribution in [-0.4, -0.2) is 52.6 Å². The summed E-state index contributed by atoms with van der Waals surface area (Å²) >= 11 is 0. The molecule has 1 aromatic rings. The molecule has 0 radical (unpaired) electrons. The highest BCUT2D eigenvalue weighted by Crippen LogP contribution is 2.17. The molecule has 5 nitrogen and oxygen atoms in total. The van der Waals surface area contributed by atoms with Gasteiger partial charge < -0.3 is 0 Å². The highest BCUT2D eigenvalue weighted by molar-refractivity contribution is 5.93. The largest absolute Gasteiger partial charge is 0.296 e. The highest BCUT2D eigenvalue weighted by atomic mass is 16.5. The SMILES string of the molecule is CCN1[C@H](C)CN(Cc2ccc(C(=O)NO)cc2)C[C@@H]1C. The number of hydrogen-bond donors (Lipinski definition) is 2. The number of carbonyl (C=O) groups is 1. The summed E-state index contributed by atoms with van der Waals surface area (Å²) in [5, 5.41) is 8.61. The Kier molecular flexibility index (Phi) is 5.33. The van der Waals surface area contributed by atoms with Gasteiger partial charge in [-0.2, -0.15) is 0 Å². The van der Waals surface area contributed by atoms with Gasteiger partial charge >= 0.3 is 0 Å². The van der Waals surface area contributed by atoms with Crippen LogP contribution in [0.1, 0.15) is 36.7 Å². The van der Waals surface area contributed by atoms with Crippen LogP contribution in [0.15, 0.2) is 24.3 Å². The van der Waals surface area contributed by atoms with Gasteiger partial charge in [-0.25, -0.2) is 5.48 Å². The van der Waals surface area contributed by atoms with Crippen LogP contribution < -0.4 is 5.48 Å². The zero-order valence-electron chi connectivity index (χ0n) is 13.0. The van der Waals surface area contributed by atoms with E-state index in [9.17, 15) is 4.79 Å². The van der Waals surface area contributed by atoms with Crippen LogP contribution in [0.5, 0.6) is 0 Å². The van der Waals surface area contributed by atoms with Crippen LogP contribution in [0.4, 0.5) is 0 Å². The van der Waals surface area contributed by atoms with Crippen molar-refractivity contribution in [3.05, 3.63) is 35.4 Å². The van der Waals surface area contributed by atoms with E-state index in [1.807, 2.05) is 12.1 Å². The van der Waals surface area contributed by atoms with Crippen molar-refractivity contribution in [1.82, 2.24) is 15.3 Å². The number of nitrogens with one attached hydrogen (secondary N) is 1. The molecular weight excluding hydrogens is 266 g/mol. The highest BCUT2D eigenvalue weighted by Gasteiger charge is 2.27. The Morgan fingerprint density at radius 3 is 2.29 bits per heavy atom. The Balaban J connectivity index is 1.97. The predicted octanol–water partition coefficient (Wildman–Crippen LogP) is 1.72. The van der Waals surface area contributed by atoms with Crippen molar-refractivity contribution in [2.45, 2.75) is 39.4 Å². The number of nitrogens with zero attached hydrogens (tertiary/aromatic N) is 2. The lowest BCUT2D eigenvalue weighted by molar-refractivity contribution is 0.0392. The van der Waals surface area contributed by atoms with Crippen molar-refractivity contribution in [3.63, 3.8) is 0 Å². The average Bonchev–Trinajstić information content (AvgIpc) is 2.47. The van der Waals surface area contributed by atoms with Crippen LogP contribution in [0.2, 0.25) is 0 Å². The van der Waals surface area contributed by atoms with Crippen LogP contribution in [0, 0.1) is 0 Å². The van der Waals surface area contributed by atoms with Gasteiger partial charge in [0.2, 0.25) is 0 Å². The molecule has 1 fully saturated rings. The molecular formula is C16H25N3O2. The Hall–Kier alpha value is -1.43. The van der Waals surface area contributed by atoms with E-state index in [-0.39, 0.29) is 0 Å². The van der Waals surface area contributed by atoms with Crippen molar-refractivity contribution >= 4 is 5.91 Å². The summed E-state index contributed by atoms with van der Waals surface area (Å²) in [7, 11) is 0. The molecule has 0 aromatic heterocycles. The maximum absolute atomic E-state index is 11.3. The topological polar surface area (TPSA) is 55.8 Å². The summed E-state index contributed by atoms with van der Waals surface area (Å²) in [6.45, 7) is 10.9. The van der Waals surface area contributed by atoms with E-state index in [0.717, 1.165) is 26.2 Å². The summed E-state index contributed by atoms with van der Waals surface area (Å²) in [6, 6.07) is 8.53. The monoisotopic (exact) mass is 291 g/mol. The number of hydrogen-bond acceptors (Lipinski definition) is 4. The lowest BCUT2D eigenvalue weighted by atomic mass is 10.1. The average molecular weight is 291 g/mol. The molecule has 2 rings (SSSR count). The molecule has 0 aliphatic carbocycles. The first-order valence-electron chi connectivity index (χ1n) is 7.56. The normalized spacial score (nSPS) is 24.0. The van der Waals surface area contributed by atoms with Gasteiger partial charge in [-0.05, 0) is 38.1 Å². The third-order valence-electron chi connectivity index (χ3n) is 4.27. The van der Waals surface area contributed by atoms with Crippen molar-refractivity contribution in [1.29, 1.82) is 0 Å². The molecule has 2 N–H and O–H groups in total. The van der Waals surface area contributed by atoms with Crippen molar-refractivity contribution in [3.8, 4) is 0 Å². The zero-order chi connectivity index (χ0) is 15.4. The predicted molar refractivity (Wildman–Crippen MR) is 82.3 cm³/mol. The van der Waals surface area contributed by atoms with Gasteiger partial charge in [-0.3, -0.25) is 19.8 Å². The van der Waals surface area contributed by atoms with Crippen LogP contribution >= 0.6 is 0 Å². The number of likely N-dealkylation sites (N-methyl/N-ethyl adjacent to an activating group) is 1. The Morgan fingerprint density at radius 1 is 1.24 bits per heavy atom. The van der Waals surface area contributed by atoms with Gasteiger partial charge in [0.05, 0.1) is 0 Å². The first-order chi connectivity index (χ1) is 10.0. The molecule has 21 heavy (non-hydrogen) atoms. The first kappa shape index (κ1) is 15.9. The molecule has 2 atom stereocenters. The van der Waals surface area contributed by atoms with Crippen molar-refractivity contribution in [2.24, 2.45) is 0 Å². The number of amides is 1. The third kappa shape index (κ3) is 3.81. The second-order valence-corrected chi connectivity index (χ2v) is 5.86. The minimum Gasteiger partial charge on any atom is -0.296 e. The molecule has 1 amide bonds. The Bertz CT molecular complexity index is 463. The van der Waals surface area contributed by atoms with Crippen LogP contribution in [0.3, 0.4) is 0 Å². The molecule has 1 aliphatic heterocycles. The standard InChI is InChI=1S/C16H25N3O2/c1-4-19-12(2)9-18(10-13(19)3)11-14-5-7-15(8-6-14)16(20)17-21/h5-8,12-13,21H,4,9-11H2,1-3H3,(H,17,20)/t12-,13+. The lowest BCUT2D eigenvalue weighted by Gasteiger charge is -2.44. The molecule has 0 spiro atoms. The second kappa shape index (κ2) is 7.02. The van der Waals surface area contributed by atoms with Gasteiger partial charge in [0.25, 0.3) is 5.91 Å².